The van der Waals surface area contributed by atoms with Crippen LogP contribution >= 0.6 is 0 Å². The van der Waals surface area contributed by atoms with Crippen molar-refractivity contribution >= 4 is 28.7 Å². The first-order valence-electron chi connectivity index (χ1n) is 13.2. The number of carbonyl (C=O) groups is 2. The van der Waals surface area contributed by atoms with Gasteiger partial charge in [0.05, 0.1) is 37.0 Å². The summed E-state index contributed by atoms with van der Waals surface area (Å²) in [6, 6.07) is 13.8. The van der Waals surface area contributed by atoms with Crippen molar-refractivity contribution in [3.05, 3.63) is 65.0 Å². The average molecular weight is 511 g/mol. The third-order valence-electron chi connectivity index (χ3n) is 7.96. The number of nitriles is 1. The smallest absolute Gasteiger partial charge is 0.325 e. The van der Waals surface area contributed by atoms with Crippen LogP contribution in [-0.2, 0) is 23.3 Å². The van der Waals surface area contributed by atoms with Gasteiger partial charge in [-0.05, 0) is 74.1 Å². The second-order valence-corrected chi connectivity index (χ2v) is 10.6. The van der Waals surface area contributed by atoms with Gasteiger partial charge in [0.2, 0.25) is 0 Å². The lowest BCUT2D eigenvalue weighted by atomic mass is 9.79. The number of nitrogens with zero attached hydrogens (tertiary/aromatic N) is 5. The normalized spacial score (nSPS) is 21.5. The Morgan fingerprint density at radius 1 is 1.21 bits per heavy atom. The largest absolute Gasteiger partial charge is 0.375 e. The molecule has 1 N–H and O–H groups in total. The van der Waals surface area contributed by atoms with Crippen LogP contribution in [0.15, 0.2) is 42.6 Å². The lowest BCUT2D eigenvalue weighted by molar-refractivity contribution is 0.0757. The zero-order valence-electron chi connectivity index (χ0n) is 21.4. The van der Waals surface area contributed by atoms with E-state index in [0.717, 1.165) is 47.8 Å². The molecule has 9 heteroatoms. The summed E-state index contributed by atoms with van der Waals surface area (Å²) in [5.41, 5.74) is 2.88. The van der Waals surface area contributed by atoms with Gasteiger partial charge in [0.1, 0.15) is 11.2 Å². The van der Waals surface area contributed by atoms with Crippen molar-refractivity contribution in [1.82, 2.24) is 20.2 Å². The van der Waals surface area contributed by atoms with Crippen LogP contribution in [0.2, 0.25) is 0 Å². The van der Waals surface area contributed by atoms with Gasteiger partial charge in [0.25, 0.3) is 5.91 Å². The number of anilines is 1. The number of fused-ring (bicyclic) bond motifs is 2. The predicted molar refractivity (Wildman–Crippen MR) is 141 cm³/mol. The van der Waals surface area contributed by atoms with Crippen LogP contribution < -0.4 is 10.2 Å². The van der Waals surface area contributed by atoms with E-state index in [9.17, 15) is 14.9 Å². The number of carbonyl (C=O) groups excluding carboxylic acids is 2. The van der Waals surface area contributed by atoms with Gasteiger partial charge >= 0.3 is 6.03 Å². The van der Waals surface area contributed by atoms with Crippen molar-refractivity contribution in [1.29, 1.82) is 5.26 Å². The molecule has 3 amide bonds. The van der Waals surface area contributed by atoms with E-state index in [4.69, 9.17) is 9.72 Å². The quantitative estimate of drug-likeness (QED) is 0.554. The Hall–Kier alpha value is -4.03. The second kappa shape index (κ2) is 9.69. The van der Waals surface area contributed by atoms with Crippen molar-refractivity contribution in [2.75, 3.05) is 24.6 Å². The molecule has 0 bridgehead atoms. The van der Waals surface area contributed by atoms with Gasteiger partial charge in [-0.2, -0.15) is 5.26 Å². The standard InChI is InChI=1S/C29H30N6O3/c1-29(17-30)18-38-16-21-7-6-19(12-24(21)29)27(36)32-15-22-13-25-20(14-31-22)8-9-26(33-25)35-11-3-10-34(28(35)37)23-4-2-5-23/h6-9,12-14,23H,2-5,10-11,15-16,18H2,1H3,(H,32,36)/t29-/m1/s1. The Morgan fingerprint density at radius 3 is 2.87 bits per heavy atom. The first-order chi connectivity index (χ1) is 18.4. The molecule has 2 aromatic heterocycles. The van der Waals surface area contributed by atoms with Crippen molar-refractivity contribution in [2.24, 2.45) is 0 Å². The molecular formula is C29H30N6O3. The van der Waals surface area contributed by atoms with Crippen LogP contribution in [-0.4, -0.2) is 52.5 Å². The molecule has 3 aliphatic rings. The fourth-order valence-electron chi connectivity index (χ4n) is 5.45. The van der Waals surface area contributed by atoms with Crippen molar-refractivity contribution in [3.8, 4) is 6.07 Å². The van der Waals surface area contributed by atoms with Gasteiger partial charge in [0.15, 0.2) is 0 Å². The van der Waals surface area contributed by atoms with E-state index in [1.807, 2.05) is 36.1 Å². The molecule has 3 aromatic rings. The molecule has 1 aromatic carbocycles. The fourth-order valence-corrected chi connectivity index (χ4v) is 5.45. The number of ether oxygens (including phenoxy) is 1. The summed E-state index contributed by atoms with van der Waals surface area (Å²) >= 11 is 0. The molecule has 6 rings (SSSR count). The van der Waals surface area contributed by atoms with Crippen LogP contribution in [0.3, 0.4) is 0 Å². The molecular weight excluding hydrogens is 480 g/mol. The van der Waals surface area contributed by atoms with E-state index in [-0.39, 0.29) is 18.5 Å². The first kappa shape index (κ1) is 24.3. The lowest BCUT2D eigenvalue weighted by Gasteiger charge is -2.43. The van der Waals surface area contributed by atoms with Gasteiger partial charge in [-0.25, -0.2) is 9.78 Å². The summed E-state index contributed by atoms with van der Waals surface area (Å²) < 4.78 is 5.56. The Kier molecular flexibility index (Phi) is 6.20. The Morgan fingerprint density at radius 2 is 2.08 bits per heavy atom. The average Bonchev–Trinajstić information content (AvgIpc) is 2.91. The van der Waals surface area contributed by atoms with Crippen LogP contribution in [0.1, 0.15) is 59.8 Å². The molecule has 38 heavy (non-hydrogen) atoms. The molecule has 2 fully saturated rings. The number of hydrogen-bond acceptors (Lipinski definition) is 6. The number of hydrogen-bond donors (Lipinski definition) is 1. The highest BCUT2D eigenvalue weighted by molar-refractivity contribution is 5.95. The number of benzene rings is 1. The van der Waals surface area contributed by atoms with E-state index in [0.29, 0.717) is 42.9 Å². The Labute approximate surface area is 221 Å². The topological polar surface area (TPSA) is 111 Å². The molecule has 9 nitrogen and oxygen atoms in total. The highest BCUT2D eigenvalue weighted by Gasteiger charge is 2.35. The molecule has 1 saturated carbocycles. The van der Waals surface area contributed by atoms with E-state index >= 15 is 0 Å². The van der Waals surface area contributed by atoms with Crippen LogP contribution in [0, 0.1) is 11.3 Å². The fraction of sp³-hybridized carbons (Fsp3) is 0.414. The van der Waals surface area contributed by atoms with Gasteiger partial charge in [0, 0.05) is 36.3 Å². The molecule has 2 aliphatic heterocycles. The minimum atomic E-state index is -0.780. The van der Waals surface area contributed by atoms with Crippen LogP contribution in [0.5, 0.6) is 0 Å². The SMILES string of the molecule is C[C@@]1(C#N)COCc2ccc(C(=O)NCc3cc4nc(N5CCCN(C6CCC6)C5=O)ccc4cn3)cc21. The Bertz CT molecular complexity index is 1460. The number of rotatable bonds is 5. The van der Waals surface area contributed by atoms with Crippen molar-refractivity contribution < 1.29 is 14.3 Å². The van der Waals surface area contributed by atoms with Crippen LogP contribution in [0.4, 0.5) is 10.6 Å². The Balaban J connectivity index is 1.18. The lowest BCUT2D eigenvalue weighted by Crippen LogP contribution is -2.55. The molecule has 194 valence electrons. The zero-order chi connectivity index (χ0) is 26.3. The summed E-state index contributed by atoms with van der Waals surface area (Å²) in [6.07, 6.45) is 6.03. The number of urea groups is 1. The summed E-state index contributed by atoms with van der Waals surface area (Å²) in [6.45, 7) is 4.27. The summed E-state index contributed by atoms with van der Waals surface area (Å²) in [5, 5.41) is 13.5. The molecule has 1 saturated heterocycles. The third-order valence-corrected chi connectivity index (χ3v) is 7.96. The summed E-state index contributed by atoms with van der Waals surface area (Å²) in [4.78, 5) is 39.2. The molecule has 1 aliphatic carbocycles. The molecule has 0 unspecified atom stereocenters. The predicted octanol–water partition coefficient (Wildman–Crippen LogP) is 4.06. The van der Waals surface area contributed by atoms with Gasteiger partial charge < -0.3 is 15.0 Å². The van der Waals surface area contributed by atoms with Crippen molar-refractivity contribution in [2.45, 2.75) is 57.2 Å². The van der Waals surface area contributed by atoms with E-state index < -0.39 is 5.41 Å². The minimum Gasteiger partial charge on any atom is -0.375 e. The second-order valence-electron chi connectivity index (χ2n) is 10.6. The van der Waals surface area contributed by atoms with Gasteiger partial charge in [-0.3, -0.25) is 14.7 Å². The third kappa shape index (κ3) is 4.35. The van der Waals surface area contributed by atoms with E-state index in [1.165, 1.54) is 6.42 Å². The first-order valence-corrected chi connectivity index (χ1v) is 13.2. The summed E-state index contributed by atoms with van der Waals surface area (Å²) in [7, 11) is 0. The molecule has 4 heterocycles. The minimum absolute atomic E-state index is 0.0402. The molecule has 0 radical (unpaired) electrons. The van der Waals surface area contributed by atoms with E-state index in [1.54, 1.807) is 23.2 Å². The van der Waals surface area contributed by atoms with Gasteiger partial charge in [-0.15, -0.1) is 0 Å². The maximum absolute atomic E-state index is 13.2. The molecule has 0 spiro atoms. The monoisotopic (exact) mass is 510 g/mol. The maximum atomic E-state index is 13.2. The van der Waals surface area contributed by atoms with Crippen LogP contribution in [0.25, 0.3) is 10.9 Å². The number of amides is 3. The highest BCUT2D eigenvalue weighted by Crippen LogP contribution is 2.33. The number of pyridine rings is 2. The van der Waals surface area contributed by atoms with Gasteiger partial charge in [-0.1, -0.05) is 6.07 Å². The van der Waals surface area contributed by atoms with Crippen molar-refractivity contribution in [3.63, 3.8) is 0 Å². The molecule has 1 atom stereocenters. The van der Waals surface area contributed by atoms with E-state index in [2.05, 4.69) is 16.4 Å². The zero-order valence-corrected chi connectivity index (χ0v) is 21.4. The highest BCUT2D eigenvalue weighted by atomic mass is 16.5. The maximum Gasteiger partial charge on any atom is 0.325 e. The summed E-state index contributed by atoms with van der Waals surface area (Å²) in [5.74, 6) is 0.407. The number of nitrogens with one attached hydrogen (secondary N) is 1. The number of aromatic nitrogens is 2.